The molecule has 4 heteroatoms. The molecule has 0 fully saturated rings. The van der Waals surface area contributed by atoms with Crippen molar-refractivity contribution in [3.63, 3.8) is 0 Å². The van der Waals surface area contributed by atoms with Crippen molar-refractivity contribution < 1.29 is 14.3 Å². The van der Waals surface area contributed by atoms with Gasteiger partial charge in [0.05, 0.1) is 14.2 Å². The molecule has 0 radical (unpaired) electrons. The van der Waals surface area contributed by atoms with Gasteiger partial charge >= 0.3 is 0 Å². The van der Waals surface area contributed by atoms with Gasteiger partial charge in [0.15, 0.2) is 11.5 Å². The third kappa shape index (κ3) is 5.66. The van der Waals surface area contributed by atoms with Crippen molar-refractivity contribution in [2.45, 2.75) is 33.6 Å². The van der Waals surface area contributed by atoms with E-state index in [2.05, 4.69) is 19.2 Å². The SMILES string of the molecule is COc1ccc(CC(C)C(=O)NCCC(C)C)cc1OC. The third-order valence-electron chi connectivity index (χ3n) is 3.46. The summed E-state index contributed by atoms with van der Waals surface area (Å²) >= 11 is 0. The molecule has 1 unspecified atom stereocenters. The zero-order chi connectivity index (χ0) is 15.8. The zero-order valence-electron chi connectivity index (χ0n) is 13.7. The Morgan fingerprint density at radius 3 is 2.38 bits per heavy atom. The quantitative estimate of drug-likeness (QED) is 0.801. The molecule has 0 aliphatic heterocycles. The van der Waals surface area contributed by atoms with Crippen molar-refractivity contribution in [1.82, 2.24) is 5.32 Å². The lowest BCUT2D eigenvalue weighted by molar-refractivity contribution is -0.124. The molecule has 0 bridgehead atoms. The maximum atomic E-state index is 12.0. The van der Waals surface area contributed by atoms with Crippen LogP contribution in [0.4, 0.5) is 0 Å². The van der Waals surface area contributed by atoms with E-state index in [1.165, 1.54) is 0 Å². The van der Waals surface area contributed by atoms with E-state index in [-0.39, 0.29) is 11.8 Å². The number of ether oxygens (including phenoxy) is 2. The van der Waals surface area contributed by atoms with Gasteiger partial charge in [-0.3, -0.25) is 4.79 Å². The Bertz CT molecular complexity index is 457. The second-order valence-electron chi connectivity index (χ2n) is 5.77. The van der Waals surface area contributed by atoms with E-state index in [1.807, 2.05) is 25.1 Å². The van der Waals surface area contributed by atoms with Gasteiger partial charge in [0.25, 0.3) is 0 Å². The van der Waals surface area contributed by atoms with E-state index >= 15 is 0 Å². The molecule has 0 saturated carbocycles. The van der Waals surface area contributed by atoms with E-state index in [1.54, 1.807) is 14.2 Å². The predicted octanol–water partition coefficient (Wildman–Crippen LogP) is 3.04. The van der Waals surface area contributed by atoms with E-state index in [4.69, 9.17) is 9.47 Å². The van der Waals surface area contributed by atoms with Crippen LogP contribution in [0.5, 0.6) is 11.5 Å². The molecule has 4 nitrogen and oxygen atoms in total. The number of hydrogen-bond acceptors (Lipinski definition) is 3. The minimum absolute atomic E-state index is 0.0599. The van der Waals surface area contributed by atoms with Gasteiger partial charge in [0, 0.05) is 12.5 Å². The first-order valence-electron chi connectivity index (χ1n) is 7.46. The monoisotopic (exact) mass is 293 g/mol. The van der Waals surface area contributed by atoms with Gasteiger partial charge < -0.3 is 14.8 Å². The van der Waals surface area contributed by atoms with Crippen molar-refractivity contribution >= 4 is 5.91 Å². The van der Waals surface area contributed by atoms with Gasteiger partial charge in [0.1, 0.15) is 0 Å². The molecule has 1 rings (SSSR count). The fourth-order valence-corrected chi connectivity index (χ4v) is 2.11. The van der Waals surface area contributed by atoms with Crippen LogP contribution in [0.25, 0.3) is 0 Å². The number of carbonyl (C=O) groups excluding carboxylic acids is 1. The first-order valence-corrected chi connectivity index (χ1v) is 7.46. The van der Waals surface area contributed by atoms with Crippen molar-refractivity contribution in [2.75, 3.05) is 20.8 Å². The lowest BCUT2D eigenvalue weighted by atomic mass is 9.99. The smallest absolute Gasteiger partial charge is 0.223 e. The van der Waals surface area contributed by atoms with Gasteiger partial charge in [-0.2, -0.15) is 0 Å². The van der Waals surface area contributed by atoms with Crippen molar-refractivity contribution in [2.24, 2.45) is 11.8 Å². The van der Waals surface area contributed by atoms with Crippen molar-refractivity contribution in [3.05, 3.63) is 23.8 Å². The first-order chi connectivity index (χ1) is 9.97. The molecule has 1 atom stereocenters. The molecule has 118 valence electrons. The first kappa shape index (κ1) is 17.3. The highest BCUT2D eigenvalue weighted by Crippen LogP contribution is 2.28. The second kappa shape index (κ2) is 8.55. The number of carbonyl (C=O) groups is 1. The summed E-state index contributed by atoms with van der Waals surface area (Å²) in [6.45, 7) is 6.99. The van der Waals surface area contributed by atoms with Crippen LogP contribution >= 0.6 is 0 Å². The average molecular weight is 293 g/mol. The Hall–Kier alpha value is -1.71. The molecule has 0 heterocycles. The Labute approximate surface area is 127 Å². The number of hydrogen-bond donors (Lipinski definition) is 1. The molecule has 0 saturated heterocycles. The predicted molar refractivity (Wildman–Crippen MR) is 84.9 cm³/mol. The summed E-state index contributed by atoms with van der Waals surface area (Å²) in [6, 6.07) is 5.77. The number of amides is 1. The number of methoxy groups -OCH3 is 2. The summed E-state index contributed by atoms with van der Waals surface area (Å²) in [6.07, 6.45) is 1.70. The summed E-state index contributed by atoms with van der Waals surface area (Å²) in [4.78, 5) is 12.0. The minimum Gasteiger partial charge on any atom is -0.493 e. The van der Waals surface area contributed by atoms with Crippen LogP contribution < -0.4 is 14.8 Å². The van der Waals surface area contributed by atoms with Crippen LogP contribution in [-0.2, 0) is 11.2 Å². The van der Waals surface area contributed by atoms with E-state index in [0.29, 0.717) is 23.8 Å². The topological polar surface area (TPSA) is 47.6 Å². The highest BCUT2D eigenvalue weighted by Gasteiger charge is 2.14. The molecular weight excluding hydrogens is 266 g/mol. The van der Waals surface area contributed by atoms with Gasteiger partial charge in [-0.1, -0.05) is 26.8 Å². The lowest BCUT2D eigenvalue weighted by Gasteiger charge is -2.14. The second-order valence-corrected chi connectivity index (χ2v) is 5.77. The molecule has 0 aliphatic carbocycles. The number of rotatable bonds is 8. The van der Waals surface area contributed by atoms with Crippen LogP contribution in [-0.4, -0.2) is 26.7 Å². The molecule has 1 aromatic carbocycles. The summed E-state index contributed by atoms with van der Waals surface area (Å²) in [5.74, 6) is 2.05. The Morgan fingerprint density at radius 1 is 1.14 bits per heavy atom. The highest BCUT2D eigenvalue weighted by atomic mass is 16.5. The molecule has 0 aliphatic rings. The lowest BCUT2D eigenvalue weighted by Crippen LogP contribution is -2.31. The average Bonchev–Trinajstić information content (AvgIpc) is 2.46. The standard InChI is InChI=1S/C17H27NO3/c1-12(2)8-9-18-17(19)13(3)10-14-6-7-15(20-4)16(11-14)21-5/h6-7,11-13H,8-10H2,1-5H3,(H,18,19). The number of nitrogens with one attached hydrogen (secondary N) is 1. The Kier molecular flexibility index (Phi) is 7.06. The Balaban J connectivity index is 2.57. The molecule has 1 N–H and O–H groups in total. The van der Waals surface area contributed by atoms with Crippen LogP contribution in [0.2, 0.25) is 0 Å². The van der Waals surface area contributed by atoms with Crippen LogP contribution in [0, 0.1) is 11.8 Å². The van der Waals surface area contributed by atoms with Gasteiger partial charge in [-0.05, 0) is 36.5 Å². The third-order valence-corrected chi connectivity index (χ3v) is 3.46. The van der Waals surface area contributed by atoms with E-state index < -0.39 is 0 Å². The van der Waals surface area contributed by atoms with Crippen LogP contribution in [0.1, 0.15) is 32.8 Å². The van der Waals surface area contributed by atoms with Crippen LogP contribution in [0.3, 0.4) is 0 Å². The molecule has 0 spiro atoms. The van der Waals surface area contributed by atoms with Crippen LogP contribution in [0.15, 0.2) is 18.2 Å². The molecule has 1 amide bonds. The molecular formula is C17H27NO3. The molecule has 1 aromatic rings. The van der Waals surface area contributed by atoms with E-state index in [0.717, 1.165) is 18.5 Å². The highest BCUT2D eigenvalue weighted by molar-refractivity contribution is 5.78. The van der Waals surface area contributed by atoms with Crippen molar-refractivity contribution in [3.8, 4) is 11.5 Å². The zero-order valence-corrected chi connectivity index (χ0v) is 13.7. The fourth-order valence-electron chi connectivity index (χ4n) is 2.11. The molecule has 0 aromatic heterocycles. The maximum absolute atomic E-state index is 12.0. The summed E-state index contributed by atoms with van der Waals surface area (Å²) < 4.78 is 10.5. The van der Waals surface area contributed by atoms with Gasteiger partial charge in [-0.25, -0.2) is 0 Å². The minimum atomic E-state index is -0.0599. The largest absolute Gasteiger partial charge is 0.493 e. The van der Waals surface area contributed by atoms with Crippen molar-refractivity contribution in [1.29, 1.82) is 0 Å². The maximum Gasteiger partial charge on any atom is 0.223 e. The summed E-state index contributed by atoms with van der Waals surface area (Å²) in [5.41, 5.74) is 1.07. The summed E-state index contributed by atoms with van der Waals surface area (Å²) in [5, 5.41) is 2.99. The summed E-state index contributed by atoms with van der Waals surface area (Å²) in [7, 11) is 3.23. The fraction of sp³-hybridized carbons (Fsp3) is 0.588. The Morgan fingerprint density at radius 2 is 1.81 bits per heavy atom. The van der Waals surface area contributed by atoms with Gasteiger partial charge in [-0.15, -0.1) is 0 Å². The normalized spacial score (nSPS) is 12.1. The molecule has 21 heavy (non-hydrogen) atoms. The van der Waals surface area contributed by atoms with Gasteiger partial charge in [0.2, 0.25) is 5.91 Å². The van der Waals surface area contributed by atoms with E-state index in [9.17, 15) is 4.79 Å². The number of benzene rings is 1.